The molecule has 4 N–H and O–H groups in total. The maximum absolute atomic E-state index is 11.6. The fraction of sp³-hybridized carbons (Fsp3) is 0.429. The van der Waals surface area contributed by atoms with Gasteiger partial charge in [-0.05, 0) is 42.5 Å². The van der Waals surface area contributed by atoms with Gasteiger partial charge < -0.3 is 20.8 Å². The predicted molar refractivity (Wildman–Crippen MR) is 73.7 cm³/mol. The first-order valence-corrected chi connectivity index (χ1v) is 6.64. The van der Waals surface area contributed by atoms with Gasteiger partial charge in [0.2, 0.25) is 0 Å². The van der Waals surface area contributed by atoms with E-state index in [-0.39, 0.29) is 13.0 Å². The van der Waals surface area contributed by atoms with Crippen LogP contribution >= 0.6 is 0 Å². The lowest BCUT2D eigenvalue weighted by molar-refractivity contribution is -0.146. The van der Waals surface area contributed by atoms with Crippen LogP contribution in [0.2, 0.25) is 0 Å². The molecular formula is C14H18N2O4. The van der Waals surface area contributed by atoms with Crippen LogP contribution in [-0.4, -0.2) is 34.9 Å². The molecule has 0 saturated carbocycles. The summed E-state index contributed by atoms with van der Waals surface area (Å²) in [6.07, 6.45) is 1.81. The zero-order chi connectivity index (χ0) is 14.5. The van der Waals surface area contributed by atoms with Gasteiger partial charge in [0.15, 0.2) is 6.10 Å². The van der Waals surface area contributed by atoms with E-state index in [0.717, 1.165) is 24.9 Å². The van der Waals surface area contributed by atoms with Crippen molar-refractivity contribution in [3.05, 3.63) is 29.3 Å². The van der Waals surface area contributed by atoms with Crippen LogP contribution in [0.3, 0.4) is 0 Å². The third-order valence-corrected chi connectivity index (χ3v) is 3.34. The Morgan fingerprint density at radius 2 is 2.00 bits per heavy atom. The number of carbonyl (C=O) groups excluding carboxylic acids is 1. The number of hydrogen-bond donors (Lipinski definition) is 4. The largest absolute Gasteiger partial charge is 0.479 e. The highest BCUT2D eigenvalue weighted by molar-refractivity contribution is 5.89. The van der Waals surface area contributed by atoms with Crippen LogP contribution in [0.5, 0.6) is 0 Å². The SMILES string of the molecule is O=C(NCCC(O)C(=O)O)Nc1ccc2c(c1)CCC2. The Morgan fingerprint density at radius 1 is 1.25 bits per heavy atom. The molecule has 0 fully saturated rings. The first-order chi connectivity index (χ1) is 9.56. The molecule has 1 aromatic rings. The molecule has 0 saturated heterocycles. The van der Waals surface area contributed by atoms with Crippen LogP contribution in [0.1, 0.15) is 24.0 Å². The summed E-state index contributed by atoms with van der Waals surface area (Å²) in [4.78, 5) is 22.0. The lowest BCUT2D eigenvalue weighted by atomic mass is 10.1. The molecule has 0 radical (unpaired) electrons. The maximum atomic E-state index is 11.6. The Labute approximate surface area is 116 Å². The molecule has 1 aliphatic carbocycles. The van der Waals surface area contributed by atoms with Crippen LogP contribution in [-0.2, 0) is 17.6 Å². The molecule has 1 unspecified atom stereocenters. The molecule has 1 aromatic carbocycles. The van der Waals surface area contributed by atoms with Crippen molar-refractivity contribution in [1.29, 1.82) is 0 Å². The molecule has 20 heavy (non-hydrogen) atoms. The van der Waals surface area contributed by atoms with Crippen molar-refractivity contribution < 1.29 is 19.8 Å². The zero-order valence-corrected chi connectivity index (χ0v) is 11.1. The van der Waals surface area contributed by atoms with Gasteiger partial charge in [0.05, 0.1) is 0 Å². The number of hydrogen-bond acceptors (Lipinski definition) is 3. The van der Waals surface area contributed by atoms with E-state index in [9.17, 15) is 9.59 Å². The van der Waals surface area contributed by atoms with E-state index in [4.69, 9.17) is 10.2 Å². The molecule has 108 valence electrons. The number of amides is 2. The number of anilines is 1. The number of rotatable bonds is 5. The van der Waals surface area contributed by atoms with E-state index >= 15 is 0 Å². The van der Waals surface area contributed by atoms with Crippen LogP contribution in [0, 0.1) is 0 Å². The van der Waals surface area contributed by atoms with Gasteiger partial charge in [-0.2, -0.15) is 0 Å². The first-order valence-electron chi connectivity index (χ1n) is 6.64. The van der Waals surface area contributed by atoms with Gasteiger partial charge in [-0.15, -0.1) is 0 Å². The van der Waals surface area contributed by atoms with E-state index in [2.05, 4.69) is 10.6 Å². The third kappa shape index (κ3) is 3.71. The van der Waals surface area contributed by atoms with Crippen molar-refractivity contribution in [3.8, 4) is 0 Å². The highest BCUT2D eigenvalue weighted by atomic mass is 16.4. The molecule has 0 spiro atoms. The number of benzene rings is 1. The van der Waals surface area contributed by atoms with Crippen molar-refractivity contribution in [3.63, 3.8) is 0 Å². The monoisotopic (exact) mass is 278 g/mol. The molecule has 2 rings (SSSR count). The summed E-state index contributed by atoms with van der Waals surface area (Å²) in [6, 6.07) is 5.44. The molecular weight excluding hydrogens is 260 g/mol. The highest BCUT2D eigenvalue weighted by Gasteiger charge is 2.14. The minimum absolute atomic E-state index is 0.0209. The summed E-state index contributed by atoms with van der Waals surface area (Å²) in [6.45, 7) is 0.101. The fourth-order valence-electron chi connectivity index (χ4n) is 2.27. The van der Waals surface area contributed by atoms with Gasteiger partial charge in [0.25, 0.3) is 0 Å². The van der Waals surface area contributed by atoms with E-state index in [0.29, 0.717) is 0 Å². The highest BCUT2D eigenvalue weighted by Crippen LogP contribution is 2.24. The lowest BCUT2D eigenvalue weighted by Crippen LogP contribution is -2.33. The Morgan fingerprint density at radius 3 is 2.75 bits per heavy atom. The number of aryl methyl sites for hydroxylation is 2. The van der Waals surface area contributed by atoms with Crippen LogP contribution in [0.15, 0.2) is 18.2 Å². The van der Waals surface area contributed by atoms with Gasteiger partial charge in [0.1, 0.15) is 0 Å². The second kappa shape index (κ2) is 6.38. The molecule has 0 bridgehead atoms. The van der Waals surface area contributed by atoms with E-state index < -0.39 is 18.1 Å². The van der Waals surface area contributed by atoms with Crippen molar-refractivity contribution >= 4 is 17.7 Å². The second-order valence-corrected chi connectivity index (χ2v) is 4.86. The van der Waals surface area contributed by atoms with Gasteiger partial charge in [0, 0.05) is 18.7 Å². The van der Waals surface area contributed by atoms with Gasteiger partial charge in [-0.3, -0.25) is 0 Å². The smallest absolute Gasteiger partial charge is 0.332 e. The number of fused-ring (bicyclic) bond motifs is 1. The molecule has 0 aromatic heterocycles. The van der Waals surface area contributed by atoms with Crippen LogP contribution in [0.4, 0.5) is 10.5 Å². The van der Waals surface area contributed by atoms with E-state index in [1.54, 1.807) is 0 Å². The Kier molecular flexibility index (Phi) is 4.57. The number of carboxylic acid groups (broad SMARTS) is 1. The average Bonchev–Trinajstić information content (AvgIpc) is 2.85. The minimum Gasteiger partial charge on any atom is -0.479 e. The quantitative estimate of drug-likeness (QED) is 0.649. The molecule has 2 amide bonds. The first kappa shape index (κ1) is 14.3. The summed E-state index contributed by atoms with van der Waals surface area (Å²) in [5.74, 6) is -1.29. The maximum Gasteiger partial charge on any atom is 0.332 e. The van der Waals surface area contributed by atoms with Crippen molar-refractivity contribution in [2.45, 2.75) is 31.8 Å². The zero-order valence-electron chi connectivity index (χ0n) is 11.1. The molecule has 1 aliphatic rings. The summed E-state index contributed by atoms with van der Waals surface area (Å²) in [5, 5.41) is 22.8. The fourth-order valence-corrected chi connectivity index (χ4v) is 2.27. The van der Waals surface area contributed by atoms with Crippen molar-refractivity contribution in [2.24, 2.45) is 0 Å². The number of nitrogens with one attached hydrogen (secondary N) is 2. The van der Waals surface area contributed by atoms with Crippen molar-refractivity contribution in [2.75, 3.05) is 11.9 Å². The molecule has 0 heterocycles. The second-order valence-electron chi connectivity index (χ2n) is 4.86. The van der Waals surface area contributed by atoms with Crippen LogP contribution < -0.4 is 10.6 Å². The Bertz CT molecular complexity index is 516. The van der Waals surface area contributed by atoms with Gasteiger partial charge in [-0.1, -0.05) is 6.07 Å². The summed E-state index contributed by atoms with van der Waals surface area (Å²) >= 11 is 0. The summed E-state index contributed by atoms with van der Waals surface area (Å²) in [7, 11) is 0. The number of aliphatic hydroxyl groups excluding tert-OH is 1. The van der Waals surface area contributed by atoms with E-state index in [1.807, 2.05) is 18.2 Å². The standard InChI is InChI=1S/C14H18N2O4/c17-12(13(18)19)6-7-15-14(20)16-11-5-4-9-2-1-3-10(9)8-11/h4-5,8,12,17H,1-3,6-7H2,(H,18,19)(H2,15,16,20). The lowest BCUT2D eigenvalue weighted by Gasteiger charge is -2.10. The molecule has 6 heteroatoms. The van der Waals surface area contributed by atoms with E-state index in [1.165, 1.54) is 11.1 Å². The number of aliphatic carboxylic acids is 1. The topological polar surface area (TPSA) is 98.7 Å². The Hall–Kier alpha value is -2.08. The van der Waals surface area contributed by atoms with Crippen LogP contribution in [0.25, 0.3) is 0 Å². The summed E-state index contributed by atoms with van der Waals surface area (Å²) < 4.78 is 0. The predicted octanol–water partition coefficient (Wildman–Crippen LogP) is 1.13. The minimum atomic E-state index is -1.45. The molecule has 1 atom stereocenters. The third-order valence-electron chi connectivity index (χ3n) is 3.34. The number of urea groups is 1. The normalized spacial score (nSPS) is 14.4. The molecule has 6 nitrogen and oxygen atoms in total. The Balaban J connectivity index is 1.78. The number of carboxylic acids is 1. The average molecular weight is 278 g/mol. The van der Waals surface area contributed by atoms with Gasteiger partial charge >= 0.3 is 12.0 Å². The summed E-state index contributed by atoms with van der Waals surface area (Å²) in [5.41, 5.74) is 3.33. The molecule has 0 aliphatic heterocycles. The number of carbonyl (C=O) groups is 2. The van der Waals surface area contributed by atoms with Gasteiger partial charge in [-0.25, -0.2) is 9.59 Å². The number of aliphatic hydroxyl groups is 1. The van der Waals surface area contributed by atoms with Crippen molar-refractivity contribution in [1.82, 2.24) is 5.32 Å².